The molecule has 0 radical (unpaired) electrons. The molecule has 5 N–H and O–H groups in total. The third-order valence-electron chi connectivity index (χ3n) is 2.69. The molecule has 0 amide bonds. The summed E-state index contributed by atoms with van der Waals surface area (Å²) in [5, 5.41) is 41.1. The summed E-state index contributed by atoms with van der Waals surface area (Å²) in [4.78, 5) is 6.76. The Labute approximate surface area is 120 Å². The second-order valence-corrected chi connectivity index (χ2v) is 4.20. The molecule has 2 rings (SSSR count). The maximum atomic E-state index is 9.82. The zero-order valence-electron chi connectivity index (χ0n) is 10.6. The molecule has 0 bridgehead atoms. The van der Waals surface area contributed by atoms with Gasteiger partial charge in [0.05, 0.1) is 18.5 Å². The first-order valence-electron chi connectivity index (χ1n) is 5.66. The molecule has 2 heterocycles. The highest BCUT2D eigenvalue weighted by Gasteiger charge is 2.27. The largest absolute Gasteiger partial charge is 0.394 e. The van der Waals surface area contributed by atoms with Crippen LogP contribution < -0.4 is 0 Å². The third kappa shape index (κ3) is 3.35. The number of nitrogens with zero attached hydrogens (tertiary/aromatic N) is 2. The van der Waals surface area contributed by atoms with Gasteiger partial charge in [0, 0.05) is 6.07 Å². The van der Waals surface area contributed by atoms with Crippen molar-refractivity contribution in [2.45, 2.75) is 25.2 Å². The molecule has 20 heavy (non-hydrogen) atoms. The van der Waals surface area contributed by atoms with Gasteiger partial charge in [0.25, 0.3) is 0 Å². The van der Waals surface area contributed by atoms with Crippen LogP contribution in [0.4, 0.5) is 0 Å². The van der Waals surface area contributed by atoms with Gasteiger partial charge in [-0.05, 0) is 6.92 Å². The summed E-state index contributed by atoms with van der Waals surface area (Å²) in [6.45, 7) is 1.08. The molecule has 0 spiro atoms. The molecular weight excluding hydrogens is 290 g/mol. The standard InChI is InChI=1S/C11H15N3O5.ClH/c1-5-2-6(14-19-5)11-12-3-7(13-11)9(17)10(18)8(16)4-15;/h2-3,8-10,15-18H,4H2,1H3,(H,12,13);1H/t8-,9-,10-;/m1./s1. The van der Waals surface area contributed by atoms with Crippen molar-refractivity contribution < 1.29 is 24.9 Å². The molecule has 9 heteroatoms. The molecule has 0 unspecified atom stereocenters. The molecular formula is C11H16ClN3O5. The number of nitrogens with one attached hydrogen (secondary N) is 1. The number of aryl methyl sites for hydroxylation is 1. The van der Waals surface area contributed by atoms with Crippen molar-refractivity contribution in [3.8, 4) is 11.5 Å². The second kappa shape index (κ2) is 6.82. The predicted octanol–water partition coefficient (Wildman–Crippen LogP) is -0.458. The Morgan fingerprint density at radius 3 is 2.60 bits per heavy atom. The molecule has 0 aliphatic carbocycles. The van der Waals surface area contributed by atoms with Crippen LogP contribution in [-0.4, -0.2) is 54.4 Å². The fourth-order valence-corrected chi connectivity index (χ4v) is 1.60. The topological polar surface area (TPSA) is 136 Å². The summed E-state index contributed by atoms with van der Waals surface area (Å²) in [6, 6.07) is 1.66. The van der Waals surface area contributed by atoms with Crippen molar-refractivity contribution >= 4 is 12.4 Å². The number of aliphatic hydroxyl groups excluding tert-OH is 4. The van der Waals surface area contributed by atoms with Crippen LogP contribution in [0.15, 0.2) is 16.8 Å². The Hall–Kier alpha value is -1.45. The molecule has 0 aliphatic rings. The van der Waals surface area contributed by atoms with Crippen LogP contribution in [0, 0.1) is 6.92 Å². The molecule has 3 atom stereocenters. The van der Waals surface area contributed by atoms with Crippen LogP contribution in [0.5, 0.6) is 0 Å². The first kappa shape index (κ1) is 16.6. The van der Waals surface area contributed by atoms with E-state index in [1.54, 1.807) is 13.0 Å². The van der Waals surface area contributed by atoms with E-state index in [9.17, 15) is 15.3 Å². The van der Waals surface area contributed by atoms with Crippen molar-refractivity contribution in [3.63, 3.8) is 0 Å². The minimum atomic E-state index is -1.52. The van der Waals surface area contributed by atoms with Crippen molar-refractivity contribution in [2.24, 2.45) is 0 Å². The fraction of sp³-hybridized carbons (Fsp3) is 0.455. The Balaban J connectivity index is 0.00000200. The number of halogens is 1. The lowest BCUT2D eigenvalue weighted by Gasteiger charge is -2.20. The lowest BCUT2D eigenvalue weighted by molar-refractivity contribution is -0.0788. The molecule has 0 saturated carbocycles. The van der Waals surface area contributed by atoms with Crippen LogP contribution >= 0.6 is 12.4 Å². The quantitative estimate of drug-likeness (QED) is 0.504. The Kier molecular flexibility index (Phi) is 5.66. The Bertz CT molecular complexity index is 544. The normalized spacial score (nSPS) is 15.4. The van der Waals surface area contributed by atoms with E-state index < -0.39 is 24.9 Å². The number of H-pyrrole nitrogens is 1. The molecule has 2 aromatic heterocycles. The number of aromatic amines is 1. The van der Waals surface area contributed by atoms with Gasteiger partial charge in [-0.25, -0.2) is 4.98 Å². The van der Waals surface area contributed by atoms with Crippen LogP contribution in [0.1, 0.15) is 17.6 Å². The van der Waals surface area contributed by atoms with Gasteiger partial charge in [0.2, 0.25) is 0 Å². The molecule has 0 fully saturated rings. The van der Waals surface area contributed by atoms with E-state index in [1.807, 2.05) is 0 Å². The third-order valence-corrected chi connectivity index (χ3v) is 2.69. The Morgan fingerprint density at radius 2 is 2.05 bits per heavy atom. The SMILES string of the molecule is Cc1cc(-c2ncc([C@@H](O)[C@H](O)[C@H](O)CO)[nH]2)no1.Cl. The highest BCUT2D eigenvalue weighted by Crippen LogP contribution is 2.21. The van der Waals surface area contributed by atoms with Crippen LogP contribution in [-0.2, 0) is 0 Å². The van der Waals surface area contributed by atoms with Crippen molar-refractivity contribution in [3.05, 3.63) is 23.7 Å². The number of hydrogen-bond acceptors (Lipinski definition) is 7. The van der Waals surface area contributed by atoms with Gasteiger partial charge in [-0.2, -0.15) is 0 Å². The van der Waals surface area contributed by atoms with Crippen molar-refractivity contribution in [1.29, 1.82) is 0 Å². The van der Waals surface area contributed by atoms with Crippen LogP contribution in [0.3, 0.4) is 0 Å². The summed E-state index contributed by atoms with van der Waals surface area (Å²) in [7, 11) is 0. The van der Waals surface area contributed by atoms with Gasteiger partial charge in [-0.3, -0.25) is 0 Å². The van der Waals surface area contributed by atoms with Gasteiger partial charge in [-0.15, -0.1) is 12.4 Å². The summed E-state index contributed by atoms with van der Waals surface area (Å²) in [5.41, 5.74) is 0.670. The minimum Gasteiger partial charge on any atom is -0.394 e. The highest BCUT2D eigenvalue weighted by atomic mass is 35.5. The summed E-state index contributed by atoms with van der Waals surface area (Å²) in [6.07, 6.45) is -3.03. The van der Waals surface area contributed by atoms with E-state index in [-0.39, 0.29) is 18.1 Å². The number of hydrogen-bond donors (Lipinski definition) is 5. The van der Waals surface area contributed by atoms with E-state index in [0.717, 1.165) is 0 Å². The van der Waals surface area contributed by atoms with E-state index in [4.69, 9.17) is 9.63 Å². The summed E-state index contributed by atoms with van der Waals surface area (Å²) < 4.78 is 4.90. The summed E-state index contributed by atoms with van der Waals surface area (Å²) in [5.74, 6) is 0.987. The van der Waals surface area contributed by atoms with Crippen LogP contribution in [0.2, 0.25) is 0 Å². The van der Waals surface area contributed by atoms with E-state index in [1.165, 1.54) is 6.20 Å². The lowest BCUT2D eigenvalue weighted by atomic mass is 10.1. The molecule has 0 aliphatic heterocycles. The maximum Gasteiger partial charge on any atom is 0.159 e. The second-order valence-electron chi connectivity index (χ2n) is 4.20. The van der Waals surface area contributed by atoms with Gasteiger partial charge in [0.15, 0.2) is 5.82 Å². The molecule has 0 saturated heterocycles. The van der Waals surface area contributed by atoms with Gasteiger partial charge in [-0.1, -0.05) is 5.16 Å². The average Bonchev–Trinajstić information content (AvgIpc) is 3.04. The number of aliphatic hydroxyl groups is 4. The van der Waals surface area contributed by atoms with E-state index in [2.05, 4.69) is 15.1 Å². The molecule has 0 aromatic carbocycles. The molecule has 2 aromatic rings. The lowest BCUT2D eigenvalue weighted by Crippen LogP contribution is -2.34. The number of rotatable bonds is 5. The zero-order chi connectivity index (χ0) is 14.0. The average molecular weight is 306 g/mol. The maximum absolute atomic E-state index is 9.82. The smallest absolute Gasteiger partial charge is 0.159 e. The van der Waals surface area contributed by atoms with Gasteiger partial charge < -0.3 is 29.9 Å². The summed E-state index contributed by atoms with van der Waals surface area (Å²) >= 11 is 0. The predicted molar refractivity (Wildman–Crippen MR) is 70.1 cm³/mol. The zero-order valence-corrected chi connectivity index (χ0v) is 11.4. The number of aromatic nitrogens is 3. The van der Waals surface area contributed by atoms with E-state index >= 15 is 0 Å². The molecule has 112 valence electrons. The monoisotopic (exact) mass is 305 g/mol. The van der Waals surface area contributed by atoms with E-state index in [0.29, 0.717) is 17.3 Å². The first-order valence-corrected chi connectivity index (χ1v) is 5.66. The first-order chi connectivity index (χ1) is 9.02. The van der Waals surface area contributed by atoms with Crippen molar-refractivity contribution in [2.75, 3.05) is 6.61 Å². The van der Waals surface area contributed by atoms with Gasteiger partial charge >= 0.3 is 0 Å². The van der Waals surface area contributed by atoms with Crippen molar-refractivity contribution in [1.82, 2.24) is 15.1 Å². The van der Waals surface area contributed by atoms with Crippen LogP contribution in [0.25, 0.3) is 11.5 Å². The Morgan fingerprint density at radius 1 is 1.35 bits per heavy atom. The molecule has 8 nitrogen and oxygen atoms in total. The fourth-order valence-electron chi connectivity index (χ4n) is 1.60. The van der Waals surface area contributed by atoms with Gasteiger partial charge in [0.1, 0.15) is 29.8 Å². The highest BCUT2D eigenvalue weighted by molar-refractivity contribution is 5.85. The minimum absolute atomic E-state index is 0. The number of imidazole rings is 1.